The molecule has 3 N–H and O–H groups in total. The molecule has 0 atom stereocenters. The SMILES string of the molecule is Oc1ccc2ccccc2c1-c1c(O)c(CNc2ccc(SCCP(c3ccccc3)c3ccccc3)cc2)cc2ccccc12. The van der Waals surface area contributed by atoms with E-state index in [-0.39, 0.29) is 11.5 Å². The van der Waals surface area contributed by atoms with Gasteiger partial charge in [0.1, 0.15) is 11.5 Å². The quantitative estimate of drug-likeness (QED) is 0.103. The maximum atomic E-state index is 11.7. The lowest BCUT2D eigenvalue weighted by Gasteiger charge is -2.18. The number of fused-ring (bicyclic) bond motifs is 2. The molecule has 7 aromatic rings. The number of benzene rings is 7. The minimum absolute atomic E-state index is 0.150. The summed E-state index contributed by atoms with van der Waals surface area (Å²) in [4.78, 5) is 1.24. The average molecular weight is 636 g/mol. The van der Waals surface area contributed by atoms with E-state index in [0.29, 0.717) is 17.7 Å². The van der Waals surface area contributed by atoms with Gasteiger partial charge in [0.25, 0.3) is 0 Å². The van der Waals surface area contributed by atoms with Crippen LogP contribution < -0.4 is 15.9 Å². The minimum atomic E-state index is -0.405. The van der Waals surface area contributed by atoms with Crippen LogP contribution in [0.3, 0.4) is 0 Å². The lowest BCUT2D eigenvalue weighted by molar-refractivity contribution is 0.466. The molecular formula is C41H34NO2PS. The molecule has 5 heteroatoms. The van der Waals surface area contributed by atoms with Gasteiger partial charge in [0, 0.05) is 39.6 Å². The highest BCUT2D eigenvalue weighted by Gasteiger charge is 2.20. The Balaban J connectivity index is 1.08. The van der Waals surface area contributed by atoms with Gasteiger partial charge < -0.3 is 15.5 Å². The van der Waals surface area contributed by atoms with E-state index in [1.807, 2.05) is 66.4 Å². The highest BCUT2D eigenvalue weighted by atomic mass is 32.2. The lowest BCUT2D eigenvalue weighted by atomic mass is 9.90. The second-order valence-electron chi connectivity index (χ2n) is 11.2. The zero-order valence-corrected chi connectivity index (χ0v) is 27.0. The predicted octanol–water partition coefficient (Wildman–Crippen LogP) is 9.91. The number of thioether (sulfide) groups is 1. The highest BCUT2D eigenvalue weighted by Crippen LogP contribution is 2.46. The largest absolute Gasteiger partial charge is 0.507 e. The van der Waals surface area contributed by atoms with E-state index in [2.05, 4.69) is 96.3 Å². The van der Waals surface area contributed by atoms with Crippen LogP contribution in [0.4, 0.5) is 5.69 Å². The Kier molecular flexibility index (Phi) is 8.91. The van der Waals surface area contributed by atoms with Crippen molar-refractivity contribution in [2.24, 2.45) is 0 Å². The second-order valence-corrected chi connectivity index (χ2v) is 14.7. The first-order chi connectivity index (χ1) is 22.7. The van der Waals surface area contributed by atoms with Gasteiger partial charge in [-0.2, -0.15) is 0 Å². The maximum Gasteiger partial charge on any atom is 0.129 e. The summed E-state index contributed by atoms with van der Waals surface area (Å²) in [5.41, 5.74) is 3.07. The Hall–Kier alpha value is -4.76. The van der Waals surface area contributed by atoms with Crippen LogP contribution in [0.15, 0.2) is 157 Å². The molecule has 0 fully saturated rings. The number of rotatable bonds is 10. The standard InChI is InChI=1S/C41H34NO2PS/c43-38-24-19-29-11-7-9-17-36(29)39(38)40-37-18-10-8-12-30(37)27-31(41(40)44)28-42-32-20-22-35(23-21-32)46-26-25-45(33-13-3-1-4-14-33)34-15-5-2-6-16-34/h1-24,27,42-44H,25-26,28H2. The zero-order chi connectivity index (χ0) is 31.3. The molecule has 0 saturated carbocycles. The molecule has 226 valence electrons. The zero-order valence-electron chi connectivity index (χ0n) is 25.3. The number of hydrogen-bond acceptors (Lipinski definition) is 4. The normalized spacial score (nSPS) is 11.3. The van der Waals surface area contributed by atoms with Gasteiger partial charge in [-0.25, -0.2) is 0 Å². The number of aromatic hydroxyl groups is 2. The van der Waals surface area contributed by atoms with Crippen LogP contribution in [0, 0.1) is 0 Å². The fraction of sp³-hybridized carbons (Fsp3) is 0.0732. The van der Waals surface area contributed by atoms with Crippen LogP contribution >= 0.6 is 19.7 Å². The molecule has 0 amide bonds. The van der Waals surface area contributed by atoms with Crippen LogP contribution in [0.1, 0.15) is 5.56 Å². The first kappa shape index (κ1) is 29.9. The molecule has 0 aliphatic heterocycles. The van der Waals surface area contributed by atoms with E-state index in [1.165, 1.54) is 15.5 Å². The molecule has 0 heterocycles. The molecule has 0 aromatic heterocycles. The van der Waals surface area contributed by atoms with Crippen molar-refractivity contribution in [2.75, 3.05) is 17.2 Å². The number of phenolic OH excluding ortho intramolecular Hbond substituents is 2. The van der Waals surface area contributed by atoms with Gasteiger partial charge in [-0.15, -0.1) is 11.8 Å². The molecule has 3 nitrogen and oxygen atoms in total. The monoisotopic (exact) mass is 635 g/mol. The van der Waals surface area contributed by atoms with Gasteiger partial charge in [0.2, 0.25) is 0 Å². The van der Waals surface area contributed by atoms with Crippen molar-refractivity contribution in [3.63, 3.8) is 0 Å². The van der Waals surface area contributed by atoms with Crippen molar-refractivity contribution in [1.29, 1.82) is 0 Å². The average Bonchev–Trinajstić information content (AvgIpc) is 3.11. The Morgan fingerprint density at radius 3 is 1.83 bits per heavy atom. The van der Waals surface area contributed by atoms with E-state index in [0.717, 1.165) is 44.7 Å². The molecular weight excluding hydrogens is 601 g/mol. The Labute approximate surface area is 275 Å². The Morgan fingerprint density at radius 2 is 1.15 bits per heavy atom. The minimum Gasteiger partial charge on any atom is -0.507 e. The first-order valence-corrected chi connectivity index (χ1v) is 18.0. The number of phenols is 2. The van der Waals surface area contributed by atoms with E-state index in [1.54, 1.807) is 6.07 Å². The molecule has 7 aromatic carbocycles. The van der Waals surface area contributed by atoms with Crippen LogP contribution in [0.2, 0.25) is 0 Å². The van der Waals surface area contributed by atoms with Gasteiger partial charge in [0.15, 0.2) is 0 Å². The van der Waals surface area contributed by atoms with Gasteiger partial charge >= 0.3 is 0 Å². The van der Waals surface area contributed by atoms with Gasteiger partial charge in [-0.05, 0) is 82.6 Å². The topological polar surface area (TPSA) is 52.5 Å². The molecule has 0 spiro atoms. The van der Waals surface area contributed by atoms with Crippen molar-refractivity contribution < 1.29 is 10.2 Å². The smallest absolute Gasteiger partial charge is 0.129 e. The molecule has 0 aliphatic carbocycles. The number of anilines is 1. The molecule has 0 radical (unpaired) electrons. The third-order valence-electron chi connectivity index (χ3n) is 8.31. The van der Waals surface area contributed by atoms with Crippen LogP contribution in [-0.4, -0.2) is 22.1 Å². The van der Waals surface area contributed by atoms with Crippen molar-refractivity contribution in [3.8, 4) is 22.6 Å². The van der Waals surface area contributed by atoms with Crippen LogP contribution in [-0.2, 0) is 6.54 Å². The second kappa shape index (κ2) is 13.7. The summed E-state index contributed by atoms with van der Waals surface area (Å²) in [6.07, 6.45) is 1.11. The van der Waals surface area contributed by atoms with Crippen LogP contribution in [0.5, 0.6) is 11.5 Å². The number of nitrogens with one attached hydrogen (secondary N) is 1. The van der Waals surface area contributed by atoms with Gasteiger partial charge in [0.05, 0.1) is 0 Å². The van der Waals surface area contributed by atoms with E-state index >= 15 is 0 Å². The summed E-state index contributed by atoms with van der Waals surface area (Å²) in [5.74, 6) is 1.37. The van der Waals surface area contributed by atoms with Crippen molar-refractivity contribution >= 4 is 57.5 Å². The van der Waals surface area contributed by atoms with Gasteiger partial charge in [-0.1, -0.05) is 115 Å². The van der Waals surface area contributed by atoms with Gasteiger partial charge in [-0.3, -0.25) is 0 Å². The maximum absolute atomic E-state index is 11.7. The third-order valence-corrected chi connectivity index (χ3v) is 12.1. The summed E-state index contributed by atoms with van der Waals surface area (Å²) < 4.78 is 0. The fourth-order valence-electron chi connectivity index (χ4n) is 6.05. The Bertz CT molecular complexity index is 2060. The summed E-state index contributed by atoms with van der Waals surface area (Å²) >= 11 is 1.89. The fourth-order valence-corrected chi connectivity index (χ4v) is 9.59. The van der Waals surface area contributed by atoms with Crippen molar-refractivity contribution in [2.45, 2.75) is 11.4 Å². The molecule has 7 rings (SSSR count). The Morgan fingerprint density at radius 1 is 0.565 bits per heavy atom. The number of hydrogen-bond donors (Lipinski definition) is 3. The summed E-state index contributed by atoms with van der Waals surface area (Å²) in [5, 5.41) is 32.9. The molecule has 0 aliphatic rings. The predicted molar refractivity (Wildman–Crippen MR) is 199 cm³/mol. The lowest BCUT2D eigenvalue weighted by Crippen LogP contribution is -2.14. The molecule has 46 heavy (non-hydrogen) atoms. The highest BCUT2D eigenvalue weighted by molar-refractivity contribution is 7.99. The van der Waals surface area contributed by atoms with E-state index < -0.39 is 7.92 Å². The molecule has 0 unspecified atom stereocenters. The first-order valence-electron chi connectivity index (χ1n) is 15.4. The molecule has 0 bridgehead atoms. The molecule has 0 saturated heterocycles. The van der Waals surface area contributed by atoms with E-state index in [9.17, 15) is 10.2 Å². The summed E-state index contributed by atoms with van der Waals surface area (Å²) in [6.45, 7) is 0.445. The third kappa shape index (κ3) is 6.33. The van der Waals surface area contributed by atoms with Crippen molar-refractivity contribution in [1.82, 2.24) is 0 Å². The summed E-state index contributed by atoms with van der Waals surface area (Å²) in [6, 6.07) is 51.9. The van der Waals surface area contributed by atoms with E-state index in [4.69, 9.17) is 0 Å². The van der Waals surface area contributed by atoms with Crippen molar-refractivity contribution in [3.05, 3.63) is 157 Å². The van der Waals surface area contributed by atoms with Crippen LogP contribution in [0.25, 0.3) is 32.7 Å². The summed E-state index contributed by atoms with van der Waals surface area (Å²) in [7, 11) is -0.405.